The van der Waals surface area contributed by atoms with Gasteiger partial charge in [0.25, 0.3) is 5.56 Å². The van der Waals surface area contributed by atoms with Gasteiger partial charge < -0.3 is 10.6 Å². The van der Waals surface area contributed by atoms with Crippen molar-refractivity contribution in [3.63, 3.8) is 0 Å². The van der Waals surface area contributed by atoms with Crippen LogP contribution in [0.3, 0.4) is 0 Å². The van der Waals surface area contributed by atoms with Gasteiger partial charge in [-0.05, 0) is 30.7 Å². The number of fused-ring (bicyclic) bond motifs is 1. The Morgan fingerprint density at radius 1 is 1.12 bits per heavy atom. The Hall–Kier alpha value is -3.49. The van der Waals surface area contributed by atoms with Crippen LogP contribution in [0.15, 0.2) is 59.0 Å². The smallest absolute Gasteiger partial charge is 0.262 e. The predicted octanol–water partition coefficient (Wildman–Crippen LogP) is 5.07. The number of amides is 2. The fourth-order valence-electron chi connectivity index (χ4n) is 3.41. The maximum atomic E-state index is 13.2. The Morgan fingerprint density at radius 3 is 2.61 bits per heavy atom. The standard InChI is InChI=1S/C24H21ClN4O3S/c1-14-3-5-16(6-4-14)18-12-33-23-22(18)24(32)29(13-26-23)10-9-21(31)28-20-11-17(27-15(2)30)7-8-19(20)25/h3-8,11-13H,9-10H2,1-2H3,(H,27,30)(H,28,31). The SMILES string of the molecule is CC(=O)Nc1ccc(Cl)c(NC(=O)CCn2cnc3scc(-c4ccc(C)cc4)c3c2=O)c1. The molecule has 4 aromatic rings. The molecule has 0 spiro atoms. The zero-order chi connectivity index (χ0) is 23.5. The van der Waals surface area contributed by atoms with E-state index in [2.05, 4.69) is 15.6 Å². The molecule has 0 radical (unpaired) electrons. The van der Waals surface area contributed by atoms with Crippen molar-refractivity contribution in [3.05, 3.63) is 75.1 Å². The lowest BCUT2D eigenvalue weighted by Crippen LogP contribution is -2.23. The van der Waals surface area contributed by atoms with E-state index in [1.807, 2.05) is 36.6 Å². The summed E-state index contributed by atoms with van der Waals surface area (Å²) in [4.78, 5) is 42.0. The van der Waals surface area contributed by atoms with Crippen molar-refractivity contribution in [2.24, 2.45) is 0 Å². The predicted molar refractivity (Wildman–Crippen MR) is 133 cm³/mol. The largest absolute Gasteiger partial charge is 0.326 e. The Bertz CT molecular complexity index is 1410. The van der Waals surface area contributed by atoms with Crippen LogP contribution < -0.4 is 16.2 Å². The summed E-state index contributed by atoms with van der Waals surface area (Å²) in [5.41, 5.74) is 3.66. The summed E-state index contributed by atoms with van der Waals surface area (Å²) >= 11 is 7.59. The van der Waals surface area contributed by atoms with Gasteiger partial charge in [0.15, 0.2) is 0 Å². The number of nitrogens with one attached hydrogen (secondary N) is 2. The van der Waals surface area contributed by atoms with Crippen LogP contribution in [-0.2, 0) is 16.1 Å². The zero-order valence-electron chi connectivity index (χ0n) is 18.0. The quantitative estimate of drug-likeness (QED) is 0.402. The highest BCUT2D eigenvalue weighted by Gasteiger charge is 2.14. The molecule has 0 aliphatic carbocycles. The van der Waals surface area contributed by atoms with Gasteiger partial charge in [-0.3, -0.25) is 19.0 Å². The van der Waals surface area contributed by atoms with Crippen LogP contribution in [0.25, 0.3) is 21.3 Å². The number of carbonyl (C=O) groups excluding carboxylic acids is 2. The minimum Gasteiger partial charge on any atom is -0.326 e. The molecular formula is C24H21ClN4O3S. The minimum atomic E-state index is -0.312. The Labute approximate surface area is 199 Å². The lowest BCUT2D eigenvalue weighted by molar-refractivity contribution is -0.116. The summed E-state index contributed by atoms with van der Waals surface area (Å²) in [7, 11) is 0. The van der Waals surface area contributed by atoms with Crippen LogP contribution in [-0.4, -0.2) is 21.4 Å². The second-order valence-corrected chi connectivity index (χ2v) is 8.88. The first kappa shape index (κ1) is 22.7. The second-order valence-electron chi connectivity index (χ2n) is 7.61. The molecule has 2 aromatic heterocycles. The van der Waals surface area contributed by atoms with Crippen LogP contribution in [0.1, 0.15) is 18.9 Å². The molecule has 0 saturated heterocycles. The average molecular weight is 481 g/mol. The van der Waals surface area contributed by atoms with Crippen molar-refractivity contribution in [1.82, 2.24) is 9.55 Å². The molecule has 0 saturated carbocycles. The van der Waals surface area contributed by atoms with E-state index in [1.165, 1.54) is 29.2 Å². The molecule has 0 unspecified atom stereocenters. The minimum absolute atomic E-state index is 0.0534. The summed E-state index contributed by atoms with van der Waals surface area (Å²) in [6, 6.07) is 12.8. The second kappa shape index (κ2) is 9.56. The van der Waals surface area contributed by atoms with Gasteiger partial charge in [-0.15, -0.1) is 11.3 Å². The van der Waals surface area contributed by atoms with E-state index in [4.69, 9.17) is 11.6 Å². The van der Waals surface area contributed by atoms with Gasteiger partial charge in [-0.1, -0.05) is 41.4 Å². The van der Waals surface area contributed by atoms with Gasteiger partial charge in [-0.25, -0.2) is 4.98 Å². The van der Waals surface area contributed by atoms with Crippen LogP contribution in [0.4, 0.5) is 11.4 Å². The summed E-state index contributed by atoms with van der Waals surface area (Å²) < 4.78 is 1.45. The van der Waals surface area contributed by atoms with E-state index in [-0.39, 0.29) is 30.3 Å². The monoisotopic (exact) mass is 480 g/mol. The number of hydrogen-bond donors (Lipinski definition) is 2. The van der Waals surface area contributed by atoms with Gasteiger partial charge in [0.05, 0.1) is 22.4 Å². The number of nitrogens with zero attached hydrogens (tertiary/aromatic N) is 2. The van der Waals surface area contributed by atoms with Gasteiger partial charge in [0.1, 0.15) is 4.83 Å². The molecule has 0 atom stereocenters. The third kappa shape index (κ3) is 5.13. The molecule has 4 rings (SSSR count). The third-order valence-electron chi connectivity index (χ3n) is 5.06. The van der Waals surface area contributed by atoms with Crippen molar-refractivity contribution in [2.45, 2.75) is 26.8 Å². The molecule has 168 valence electrons. The van der Waals surface area contributed by atoms with Crippen molar-refractivity contribution in [1.29, 1.82) is 0 Å². The molecule has 2 heterocycles. The summed E-state index contributed by atoms with van der Waals surface area (Å²) in [6.45, 7) is 3.57. The van der Waals surface area contributed by atoms with Gasteiger partial charge in [0.2, 0.25) is 11.8 Å². The normalized spacial score (nSPS) is 10.9. The number of halogens is 1. The molecular weight excluding hydrogens is 460 g/mol. The molecule has 2 aromatic carbocycles. The van der Waals surface area contributed by atoms with E-state index in [9.17, 15) is 14.4 Å². The number of rotatable bonds is 6. The number of thiophene rings is 1. The van der Waals surface area contributed by atoms with E-state index in [0.29, 0.717) is 26.6 Å². The molecule has 7 nitrogen and oxygen atoms in total. The van der Waals surface area contributed by atoms with Gasteiger partial charge >= 0.3 is 0 Å². The first-order valence-corrected chi connectivity index (χ1v) is 11.5. The number of hydrogen-bond acceptors (Lipinski definition) is 5. The third-order valence-corrected chi connectivity index (χ3v) is 6.28. The Morgan fingerprint density at radius 2 is 1.88 bits per heavy atom. The van der Waals surface area contributed by atoms with Crippen molar-refractivity contribution in [2.75, 3.05) is 10.6 Å². The van der Waals surface area contributed by atoms with E-state index in [0.717, 1.165) is 16.7 Å². The van der Waals surface area contributed by atoms with Gasteiger partial charge in [-0.2, -0.15) is 0 Å². The number of aryl methyl sites for hydroxylation is 2. The molecule has 2 amide bonds. The summed E-state index contributed by atoms with van der Waals surface area (Å²) in [5.74, 6) is -0.539. The van der Waals surface area contributed by atoms with Crippen molar-refractivity contribution < 1.29 is 9.59 Å². The Balaban J connectivity index is 1.52. The maximum Gasteiger partial charge on any atom is 0.262 e. The number of benzene rings is 2. The number of aromatic nitrogens is 2. The van der Waals surface area contributed by atoms with Crippen LogP contribution in [0.5, 0.6) is 0 Å². The van der Waals surface area contributed by atoms with E-state index in [1.54, 1.807) is 18.2 Å². The fourth-order valence-corrected chi connectivity index (χ4v) is 4.48. The highest BCUT2D eigenvalue weighted by molar-refractivity contribution is 7.17. The number of anilines is 2. The topological polar surface area (TPSA) is 93.1 Å². The Kier molecular flexibility index (Phi) is 6.57. The molecule has 33 heavy (non-hydrogen) atoms. The molecule has 0 bridgehead atoms. The maximum absolute atomic E-state index is 13.2. The van der Waals surface area contributed by atoms with Crippen molar-refractivity contribution in [3.8, 4) is 11.1 Å². The average Bonchev–Trinajstić information content (AvgIpc) is 3.21. The van der Waals surface area contributed by atoms with Crippen LogP contribution >= 0.6 is 22.9 Å². The first-order chi connectivity index (χ1) is 15.8. The van der Waals surface area contributed by atoms with E-state index >= 15 is 0 Å². The lowest BCUT2D eigenvalue weighted by Gasteiger charge is -2.11. The molecule has 0 aliphatic heterocycles. The number of carbonyl (C=O) groups is 2. The van der Waals surface area contributed by atoms with E-state index < -0.39 is 0 Å². The van der Waals surface area contributed by atoms with Crippen LogP contribution in [0, 0.1) is 6.92 Å². The summed E-state index contributed by atoms with van der Waals surface area (Å²) in [6.07, 6.45) is 1.52. The molecule has 9 heteroatoms. The van der Waals surface area contributed by atoms with Crippen molar-refractivity contribution >= 4 is 56.3 Å². The highest BCUT2D eigenvalue weighted by atomic mass is 35.5. The zero-order valence-corrected chi connectivity index (χ0v) is 19.6. The molecule has 2 N–H and O–H groups in total. The molecule has 0 fully saturated rings. The van der Waals surface area contributed by atoms with Crippen LogP contribution in [0.2, 0.25) is 5.02 Å². The first-order valence-electron chi connectivity index (χ1n) is 10.2. The fraction of sp³-hybridized carbons (Fsp3) is 0.167. The highest BCUT2D eigenvalue weighted by Crippen LogP contribution is 2.31. The lowest BCUT2D eigenvalue weighted by atomic mass is 10.1. The molecule has 0 aliphatic rings. The summed E-state index contributed by atoms with van der Waals surface area (Å²) in [5, 5.41) is 8.21. The van der Waals surface area contributed by atoms with Gasteiger partial charge in [0, 0.05) is 36.5 Å².